The predicted octanol–water partition coefficient (Wildman–Crippen LogP) is 12.7. The van der Waals surface area contributed by atoms with E-state index in [2.05, 4.69) is 132 Å². The van der Waals surface area contributed by atoms with Crippen LogP contribution < -0.4 is 0 Å². The predicted molar refractivity (Wildman–Crippen MR) is 187 cm³/mol. The maximum Gasteiger partial charge on any atom is 0.0443 e. The highest BCUT2D eigenvalue weighted by atomic mass is 32.1. The van der Waals surface area contributed by atoms with Gasteiger partial charge in [-0.3, -0.25) is 0 Å². The summed E-state index contributed by atoms with van der Waals surface area (Å²) in [5.74, 6) is 0. The van der Waals surface area contributed by atoms with E-state index in [-0.39, 0.29) is 21.7 Å². The monoisotopic (exact) mass is 556 g/mol. The summed E-state index contributed by atoms with van der Waals surface area (Å²) in [5.41, 5.74) is 6.04. The van der Waals surface area contributed by atoms with Crippen LogP contribution in [-0.4, -0.2) is 0 Å². The van der Waals surface area contributed by atoms with Crippen LogP contribution in [0.4, 0.5) is 0 Å². The lowest BCUT2D eigenvalue weighted by Gasteiger charge is -2.23. The number of fused-ring (bicyclic) bond motifs is 7. The molecule has 7 rings (SSSR count). The minimum atomic E-state index is 0.0657. The molecule has 0 aliphatic heterocycles. The van der Waals surface area contributed by atoms with Crippen molar-refractivity contribution >= 4 is 74.6 Å². The molecule has 0 N–H and O–H groups in total. The third kappa shape index (κ3) is 3.77. The Morgan fingerprint density at radius 1 is 0.390 bits per heavy atom. The summed E-state index contributed by atoms with van der Waals surface area (Å²) < 4.78 is 2.95. The quantitative estimate of drug-likeness (QED) is 0.174. The number of rotatable bonds is 0. The van der Waals surface area contributed by atoms with Crippen molar-refractivity contribution in [1.29, 1.82) is 0 Å². The SMILES string of the molecule is CC(C)(C)c1cc2cc(C(C)(C)C)cc3c2c(c1)c1sc2c4c(C(C)(C)C)ccc5cc(C(C)(C)C)cc(c54)c2c31. The molecule has 0 atom stereocenters. The second kappa shape index (κ2) is 7.93. The zero-order valence-corrected chi connectivity index (χ0v) is 27.8. The highest BCUT2D eigenvalue weighted by molar-refractivity contribution is 7.28. The first-order valence-electron chi connectivity index (χ1n) is 15.3. The molecule has 1 aromatic heterocycles. The molecule has 1 heterocycles. The molecule has 0 bridgehead atoms. The molecule has 0 fully saturated rings. The van der Waals surface area contributed by atoms with Gasteiger partial charge in [-0.1, -0.05) is 113 Å². The molecule has 0 amide bonds. The Balaban J connectivity index is 1.80. The van der Waals surface area contributed by atoms with Gasteiger partial charge in [0.25, 0.3) is 0 Å². The minimum absolute atomic E-state index is 0.0657. The van der Waals surface area contributed by atoms with Gasteiger partial charge in [-0.05, 0) is 94.4 Å². The van der Waals surface area contributed by atoms with Crippen LogP contribution in [0.15, 0.2) is 48.5 Å². The van der Waals surface area contributed by atoms with Crippen LogP contribution in [0.5, 0.6) is 0 Å². The molecule has 1 heteroatoms. The number of thiophene rings is 1. The van der Waals surface area contributed by atoms with E-state index in [9.17, 15) is 0 Å². The molecule has 0 saturated carbocycles. The molecular weight excluding hydrogens is 513 g/mol. The van der Waals surface area contributed by atoms with Gasteiger partial charge in [0.1, 0.15) is 0 Å². The molecule has 0 saturated heterocycles. The van der Waals surface area contributed by atoms with Crippen molar-refractivity contribution in [3.05, 3.63) is 70.8 Å². The summed E-state index contributed by atoms with van der Waals surface area (Å²) in [5, 5.41) is 14.5. The summed E-state index contributed by atoms with van der Waals surface area (Å²) in [4.78, 5) is 0. The maximum atomic E-state index is 2.53. The first kappa shape index (κ1) is 27.0. The lowest BCUT2D eigenvalue weighted by Crippen LogP contribution is -2.12. The molecular formula is C40H44S. The normalized spacial score (nSPS) is 14.3. The van der Waals surface area contributed by atoms with Crippen LogP contribution in [-0.2, 0) is 21.7 Å². The molecule has 7 aromatic rings. The fourth-order valence-corrected chi connectivity index (χ4v) is 8.44. The van der Waals surface area contributed by atoms with Crippen LogP contribution >= 0.6 is 11.3 Å². The molecule has 0 aliphatic carbocycles. The Hall–Kier alpha value is -2.90. The van der Waals surface area contributed by atoms with E-state index >= 15 is 0 Å². The van der Waals surface area contributed by atoms with Crippen LogP contribution in [0.25, 0.3) is 63.3 Å². The summed E-state index contributed by atoms with van der Waals surface area (Å²) in [6.45, 7) is 28.2. The van der Waals surface area contributed by atoms with E-state index in [4.69, 9.17) is 0 Å². The minimum Gasteiger partial charge on any atom is -0.134 e. The largest absolute Gasteiger partial charge is 0.134 e. The Labute approximate surface area is 249 Å². The van der Waals surface area contributed by atoms with Gasteiger partial charge in [0.2, 0.25) is 0 Å². The third-order valence-electron chi connectivity index (χ3n) is 9.49. The number of hydrogen-bond acceptors (Lipinski definition) is 1. The van der Waals surface area contributed by atoms with Crippen molar-refractivity contribution in [3.8, 4) is 0 Å². The molecule has 0 aliphatic rings. The Morgan fingerprint density at radius 3 is 1.37 bits per heavy atom. The van der Waals surface area contributed by atoms with E-state index < -0.39 is 0 Å². The molecule has 0 nitrogen and oxygen atoms in total. The lowest BCUT2D eigenvalue weighted by atomic mass is 9.81. The van der Waals surface area contributed by atoms with Crippen LogP contribution in [0.2, 0.25) is 0 Å². The van der Waals surface area contributed by atoms with Crippen molar-refractivity contribution in [3.63, 3.8) is 0 Å². The van der Waals surface area contributed by atoms with Crippen molar-refractivity contribution in [2.24, 2.45) is 0 Å². The third-order valence-corrected chi connectivity index (χ3v) is 10.7. The second-order valence-corrected chi connectivity index (χ2v) is 17.8. The van der Waals surface area contributed by atoms with Crippen molar-refractivity contribution < 1.29 is 0 Å². The van der Waals surface area contributed by atoms with Gasteiger partial charge in [0, 0.05) is 30.9 Å². The molecule has 41 heavy (non-hydrogen) atoms. The summed E-state index contributed by atoms with van der Waals surface area (Å²) in [7, 11) is 0. The van der Waals surface area contributed by atoms with E-state index in [0.29, 0.717) is 0 Å². The van der Waals surface area contributed by atoms with Crippen LogP contribution in [0, 0.1) is 0 Å². The first-order chi connectivity index (χ1) is 18.9. The van der Waals surface area contributed by atoms with Gasteiger partial charge in [-0.2, -0.15) is 0 Å². The molecule has 6 aromatic carbocycles. The zero-order chi connectivity index (χ0) is 29.6. The second-order valence-electron chi connectivity index (χ2n) is 16.8. The van der Waals surface area contributed by atoms with Gasteiger partial charge in [0.05, 0.1) is 0 Å². The summed E-state index contributed by atoms with van der Waals surface area (Å²) >= 11 is 2.05. The van der Waals surface area contributed by atoms with Gasteiger partial charge in [-0.25, -0.2) is 0 Å². The molecule has 210 valence electrons. The first-order valence-corrected chi connectivity index (χ1v) is 16.1. The summed E-state index contributed by atoms with van der Waals surface area (Å²) in [6.07, 6.45) is 0. The average molecular weight is 557 g/mol. The highest BCUT2D eigenvalue weighted by Gasteiger charge is 2.30. The van der Waals surface area contributed by atoms with E-state index in [1.54, 1.807) is 0 Å². The Bertz CT molecular complexity index is 2150. The smallest absolute Gasteiger partial charge is 0.0443 e. The Morgan fingerprint density at radius 2 is 0.854 bits per heavy atom. The van der Waals surface area contributed by atoms with E-state index in [1.807, 2.05) is 11.3 Å². The number of hydrogen-bond donors (Lipinski definition) is 0. The van der Waals surface area contributed by atoms with Gasteiger partial charge >= 0.3 is 0 Å². The number of benzene rings is 4. The molecule has 0 spiro atoms. The topological polar surface area (TPSA) is 0 Å². The lowest BCUT2D eigenvalue weighted by molar-refractivity contribution is 0.590. The van der Waals surface area contributed by atoms with Crippen LogP contribution in [0.3, 0.4) is 0 Å². The van der Waals surface area contributed by atoms with Crippen molar-refractivity contribution in [2.75, 3.05) is 0 Å². The van der Waals surface area contributed by atoms with Gasteiger partial charge in [0.15, 0.2) is 0 Å². The fraction of sp³-hybridized carbons (Fsp3) is 0.400. The summed E-state index contributed by atoms with van der Waals surface area (Å²) in [6, 6.07) is 19.8. The van der Waals surface area contributed by atoms with E-state index in [0.717, 1.165) is 0 Å². The molecule has 0 unspecified atom stereocenters. The molecule has 0 radical (unpaired) electrons. The maximum absolute atomic E-state index is 2.53. The highest BCUT2D eigenvalue weighted by Crippen LogP contribution is 2.55. The van der Waals surface area contributed by atoms with Crippen molar-refractivity contribution in [2.45, 2.75) is 105 Å². The van der Waals surface area contributed by atoms with Crippen LogP contribution in [0.1, 0.15) is 105 Å². The average Bonchev–Trinajstić information content (AvgIpc) is 3.46. The Kier molecular flexibility index (Phi) is 5.21. The van der Waals surface area contributed by atoms with Gasteiger partial charge < -0.3 is 0 Å². The van der Waals surface area contributed by atoms with E-state index in [1.165, 1.54) is 85.5 Å². The van der Waals surface area contributed by atoms with Crippen molar-refractivity contribution in [1.82, 2.24) is 0 Å². The standard InChI is InChI=1S/C40H44S/c1-37(2,3)23-15-21-13-14-29(40(10,11)12)34-31(21)27(19-23)33-32-26-18-24(38(4,5)6)16-22-17-25(39(7,8)9)20-28(30(22)26)35(32)41-36(33)34/h13-20H,1-12H3. The zero-order valence-electron chi connectivity index (χ0n) is 27.0. The fourth-order valence-electron chi connectivity index (χ4n) is 7.03. The van der Waals surface area contributed by atoms with Gasteiger partial charge in [-0.15, -0.1) is 11.3 Å².